The molecule has 0 saturated heterocycles. The van der Waals surface area contributed by atoms with Crippen molar-refractivity contribution in [1.29, 1.82) is 0 Å². The maximum Gasteiger partial charge on any atom is 0.251 e. The molecule has 0 unspecified atom stereocenters. The van der Waals surface area contributed by atoms with Crippen LogP contribution < -0.4 is 10.9 Å². The van der Waals surface area contributed by atoms with Crippen LogP contribution in [-0.4, -0.2) is 17.4 Å². The number of halogens is 1. The highest BCUT2D eigenvalue weighted by Gasteiger charge is 2.09. The average Bonchev–Trinajstić information content (AvgIpc) is 2.59. The number of amides is 1. The molecule has 0 atom stereocenters. The lowest BCUT2D eigenvalue weighted by Gasteiger charge is -2.09. The monoisotopic (exact) mass is 338 g/mol. The quantitative estimate of drug-likeness (QED) is 0.767. The topological polar surface area (TPSA) is 62.0 Å². The van der Waals surface area contributed by atoms with Gasteiger partial charge in [0, 0.05) is 17.7 Å². The molecule has 0 aliphatic rings. The smallest absolute Gasteiger partial charge is 0.251 e. The van der Waals surface area contributed by atoms with Crippen LogP contribution >= 0.6 is 0 Å². The Morgan fingerprint density at radius 3 is 2.72 bits per heavy atom. The van der Waals surface area contributed by atoms with E-state index in [2.05, 4.69) is 10.3 Å². The molecule has 3 rings (SSSR count). The molecule has 5 heteroatoms. The zero-order chi connectivity index (χ0) is 18.0. The van der Waals surface area contributed by atoms with E-state index in [0.29, 0.717) is 18.5 Å². The first-order valence-electron chi connectivity index (χ1n) is 8.11. The van der Waals surface area contributed by atoms with E-state index >= 15 is 0 Å². The predicted octanol–water partition coefficient (Wildman–Crippen LogP) is 3.26. The van der Waals surface area contributed by atoms with E-state index in [1.807, 2.05) is 32.0 Å². The SMILES string of the molecule is Cc1ccc2cc(CCNC(=O)c3cccc(F)c3)c(=O)[nH]c2c1C. The van der Waals surface area contributed by atoms with E-state index in [9.17, 15) is 14.0 Å². The second kappa shape index (κ2) is 6.89. The van der Waals surface area contributed by atoms with Crippen LogP contribution in [0.3, 0.4) is 0 Å². The standard InChI is InChI=1S/C20H19FN2O2/c1-12-6-7-14-10-16(20(25)23-18(14)13(12)2)8-9-22-19(24)15-4-3-5-17(21)11-15/h3-7,10-11H,8-9H2,1-2H3,(H,22,24)(H,23,25). The molecule has 0 bridgehead atoms. The first-order chi connectivity index (χ1) is 12.0. The number of fused-ring (bicyclic) bond motifs is 1. The summed E-state index contributed by atoms with van der Waals surface area (Å²) in [6.07, 6.45) is 0.402. The molecule has 0 aliphatic carbocycles. The van der Waals surface area contributed by atoms with Crippen molar-refractivity contribution in [2.24, 2.45) is 0 Å². The number of hydrogen-bond acceptors (Lipinski definition) is 2. The van der Waals surface area contributed by atoms with Gasteiger partial charge in [0.25, 0.3) is 11.5 Å². The number of hydrogen-bond donors (Lipinski definition) is 2. The van der Waals surface area contributed by atoms with Crippen LogP contribution in [0.15, 0.2) is 47.3 Å². The van der Waals surface area contributed by atoms with E-state index in [1.54, 1.807) is 6.07 Å². The molecule has 2 N–H and O–H groups in total. The number of aryl methyl sites for hydroxylation is 2. The second-order valence-electron chi connectivity index (χ2n) is 6.11. The number of nitrogens with one attached hydrogen (secondary N) is 2. The predicted molar refractivity (Wildman–Crippen MR) is 96.5 cm³/mol. The van der Waals surface area contributed by atoms with E-state index in [4.69, 9.17) is 0 Å². The number of carbonyl (C=O) groups excluding carboxylic acids is 1. The lowest BCUT2D eigenvalue weighted by Crippen LogP contribution is -2.27. The van der Waals surface area contributed by atoms with Crippen LogP contribution in [0.1, 0.15) is 27.0 Å². The number of carbonyl (C=O) groups is 1. The molecule has 0 aliphatic heterocycles. The Balaban J connectivity index is 1.73. The van der Waals surface area contributed by atoms with Gasteiger partial charge in [0.2, 0.25) is 0 Å². The normalized spacial score (nSPS) is 10.8. The van der Waals surface area contributed by atoms with Gasteiger partial charge in [-0.2, -0.15) is 0 Å². The molecule has 1 heterocycles. The van der Waals surface area contributed by atoms with Gasteiger partial charge in [0.1, 0.15) is 5.82 Å². The summed E-state index contributed by atoms with van der Waals surface area (Å²) in [6, 6.07) is 11.4. The maximum atomic E-state index is 13.2. The van der Waals surface area contributed by atoms with Crippen molar-refractivity contribution < 1.29 is 9.18 Å². The summed E-state index contributed by atoms with van der Waals surface area (Å²) >= 11 is 0. The van der Waals surface area contributed by atoms with Gasteiger partial charge in [0.15, 0.2) is 0 Å². The van der Waals surface area contributed by atoms with E-state index < -0.39 is 5.82 Å². The Labute approximate surface area is 144 Å². The van der Waals surface area contributed by atoms with Crippen molar-refractivity contribution in [3.8, 4) is 0 Å². The van der Waals surface area contributed by atoms with Crippen LogP contribution in [0.4, 0.5) is 4.39 Å². The Morgan fingerprint density at radius 2 is 1.96 bits per heavy atom. The van der Waals surface area contributed by atoms with Gasteiger partial charge in [-0.15, -0.1) is 0 Å². The summed E-state index contributed by atoms with van der Waals surface area (Å²) in [5, 5.41) is 3.68. The maximum absolute atomic E-state index is 13.2. The molecular weight excluding hydrogens is 319 g/mol. The lowest BCUT2D eigenvalue weighted by atomic mass is 10.0. The van der Waals surface area contributed by atoms with Crippen molar-refractivity contribution in [3.05, 3.63) is 80.9 Å². The van der Waals surface area contributed by atoms with E-state index in [-0.39, 0.29) is 17.0 Å². The Bertz CT molecular complexity index is 1010. The summed E-state index contributed by atoms with van der Waals surface area (Å²) in [7, 11) is 0. The number of H-pyrrole nitrogens is 1. The summed E-state index contributed by atoms with van der Waals surface area (Å²) in [4.78, 5) is 27.2. The molecule has 0 fully saturated rings. The highest BCUT2D eigenvalue weighted by atomic mass is 19.1. The highest BCUT2D eigenvalue weighted by molar-refractivity contribution is 5.94. The molecule has 3 aromatic rings. The van der Waals surface area contributed by atoms with Crippen LogP contribution in [0.2, 0.25) is 0 Å². The van der Waals surface area contributed by atoms with Crippen molar-refractivity contribution in [2.75, 3.05) is 6.54 Å². The van der Waals surface area contributed by atoms with E-state index in [1.165, 1.54) is 18.2 Å². The molecule has 4 nitrogen and oxygen atoms in total. The third-order valence-electron chi connectivity index (χ3n) is 4.39. The molecule has 0 spiro atoms. The van der Waals surface area contributed by atoms with Crippen LogP contribution in [0.25, 0.3) is 10.9 Å². The van der Waals surface area contributed by atoms with Crippen molar-refractivity contribution >= 4 is 16.8 Å². The van der Waals surface area contributed by atoms with Crippen LogP contribution in [-0.2, 0) is 6.42 Å². The fraction of sp³-hybridized carbons (Fsp3) is 0.200. The number of benzene rings is 2. The van der Waals surface area contributed by atoms with Gasteiger partial charge >= 0.3 is 0 Å². The summed E-state index contributed by atoms with van der Waals surface area (Å²) < 4.78 is 13.2. The third-order valence-corrected chi connectivity index (χ3v) is 4.39. The minimum atomic E-state index is -0.454. The van der Waals surface area contributed by atoms with Gasteiger partial charge in [-0.25, -0.2) is 4.39 Å². The van der Waals surface area contributed by atoms with Gasteiger partial charge in [-0.05, 0) is 61.0 Å². The van der Waals surface area contributed by atoms with Crippen LogP contribution in [0, 0.1) is 19.7 Å². The van der Waals surface area contributed by atoms with Crippen molar-refractivity contribution in [1.82, 2.24) is 10.3 Å². The third kappa shape index (κ3) is 3.60. The Hall–Kier alpha value is -2.95. The van der Waals surface area contributed by atoms with Crippen LogP contribution in [0.5, 0.6) is 0 Å². The molecule has 0 radical (unpaired) electrons. The van der Waals surface area contributed by atoms with Gasteiger partial charge < -0.3 is 10.3 Å². The fourth-order valence-electron chi connectivity index (χ4n) is 2.80. The van der Waals surface area contributed by atoms with E-state index in [0.717, 1.165) is 22.0 Å². The summed E-state index contributed by atoms with van der Waals surface area (Å²) in [6.45, 7) is 4.28. The highest BCUT2D eigenvalue weighted by Crippen LogP contribution is 2.18. The second-order valence-corrected chi connectivity index (χ2v) is 6.11. The molecule has 25 heavy (non-hydrogen) atoms. The minimum absolute atomic E-state index is 0.152. The molecule has 1 amide bonds. The molecule has 2 aromatic carbocycles. The number of rotatable bonds is 4. The largest absolute Gasteiger partial charge is 0.352 e. The van der Waals surface area contributed by atoms with Crippen molar-refractivity contribution in [2.45, 2.75) is 20.3 Å². The Kier molecular flexibility index (Phi) is 4.65. The molecule has 128 valence electrons. The average molecular weight is 338 g/mol. The number of aromatic nitrogens is 1. The fourth-order valence-corrected chi connectivity index (χ4v) is 2.80. The molecule has 1 aromatic heterocycles. The number of aromatic amines is 1. The first kappa shape index (κ1) is 16.9. The van der Waals surface area contributed by atoms with Gasteiger partial charge in [-0.3, -0.25) is 9.59 Å². The number of pyridine rings is 1. The van der Waals surface area contributed by atoms with Gasteiger partial charge in [-0.1, -0.05) is 18.2 Å². The molecule has 0 saturated carbocycles. The zero-order valence-electron chi connectivity index (χ0n) is 14.2. The summed E-state index contributed by atoms with van der Waals surface area (Å²) in [5.74, 6) is -0.813. The molecular formula is C20H19FN2O2. The Morgan fingerprint density at radius 1 is 1.16 bits per heavy atom. The minimum Gasteiger partial charge on any atom is -0.352 e. The summed E-state index contributed by atoms with van der Waals surface area (Å²) in [5.41, 5.74) is 3.74. The van der Waals surface area contributed by atoms with Gasteiger partial charge in [0.05, 0.1) is 5.52 Å². The zero-order valence-corrected chi connectivity index (χ0v) is 14.2. The lowest BCUT2D eigenvalue weighted by molar-refractivity contribution is 0.0953. The van der Waals surface area contributed by atoms with Crippen molar-refractivity contribution in [3.63, 3.8) is 0 Å². The first-order valence-corrected chi connectivity index (χ1v) is 8.11.